The fraction of sp³-hybridized carbons (Fsp3) is 0.222. The summed E-state index contributed by atoms with van der Waals surface area (Å²) >= 11 is 0. The third-order valence-electron chi connectivity index (χ3n) is 4.12. The number of hydrogen-bond donors (Lipinski definition) is 1. The molecule has 0 fully saturated rings. The van der Waals surface area contributed by atoms with Gasteiger partial charge in [0.2, 0.25) is 5.91 Å². The normalized spacial score (nSPS) is 13.2. The number of hydrogen-bond acceptors (Lipinski definition) is 2. The molecule has 2 aromatic rings. The number of nitrogens with zero attached hydrogens (tertiary/aromatic N) is 1. The molecule has 2 aromatic carbocycles. The van der Waals surface area contributed by atoms with E-state index in [0.29, 0.717) is 18.5 Å². The minimum absolute atomic E-state index is 0.0625. The summed E-state index contributed by atoms with van der Waals surface area (Å²) in [7, 11) is 1.76. The minimum atomic E-state index is -0.118. The molecule has 0 spiro atoms. The van der Waals surface area contributed by atoms with Gasteiger partial charge in [0.15, 0.2) is 0 Å². The van der Waals surface area contributed by atoms with Crippen LogP contribution in [0.5, 0.6) is 0 Å². The molecule has 0 radical (unpaired) electrons. The van der Waals surface area contributed by atoms with Crippen LogP contribution in [0.1, 0.15) is 27.0 Å². The maximum Gasteiger partial charge on any atom is 0.251 e. The smallest absolute Gasteiger partial charge is 0.251 e. The lowest BCUT2D eigenvalue weighted by Crippen LogP contribution is -2.23. The fourth-order valence-corrected chi connectivity index (χ4v) is 2.70. The van der Waals surface area contributed by atoms with Gasteiger partial charge < -0.3 is 10.2 Å². The second kappa shape index (κ2) is 5.64. The van der Waals surface area contributed by atoms with E-state index in [2.05, 4.69) is 5.32 Å². The standard InChI is InChI=1S/C18H18N2O2/c1-12-5-3-4-6-14(12)11-19-18(22)13-7-8-16-15(9-13)10-17(21)20(16)2/h3-9H,10-11H2,1-2H3,(H,19,22). The predicted molar refractivity (Wildman–Crippen MR) is 85.9 cm³/mol. The van der Waals surface area contributed by atoms with Gasteiger partial charge in [-0.05, 0) is 41.8 Å². The molecule has 0 unspecified atom stereocenters. The Morgan fingerprint density at radius 3 is 2.77 bits per heavy atom. The van der Waals surface area contributed by atoms with Gasteiger partial charge in [-0.2, -0.15) is 0 Å². The van der Waals surface area contributed by atoms with Gasteiger partial charge in [-0.25, -0.2) is 0 Å². The second-order valence-corrected chi connectivity index (χ2v) is 5.58. The number of carbonyl (C=O) groups is 2. The molecule has 0 atom stereocenters. The Labute approximate surface area is 129 Å². The number of likely N-dealkylation sites (N-methyl/N-ethyl adjacent to an activating group) is 1. The SMILES string of the molecule is Cc1ccccc1CNC(=O)c1ccc2c(c1)CC(=O)N2C. The second-order valence-electron chi connectivity index (χ2n) is 5.58. The largest absolute Gasteiger partial charge is 0.348 e. The molecule has 3 rings (SSSR count). The van der Waals surface area contributed by atoms with Crippen molar-refractivity contribution in [1.82, 2.24) is 5.32 Å². The zero-order valence-corrected chi connectivity index (χ0v) is 12.7. The monoisotopic (exact) mass is 294 g/mol. The molecule has 4 nitrogen and oxygen atoms in total. The first-order valence-electron chi connectivity index (χ1n) is 7.28. The molecule has 1 heterocycles. The molecule has 112 valence electrons. The van der Waals surface area contributed by atoms with Crippen LogP contribution >= 0.6 is 0 Å². The maximum atomic E-state index is 12.3. The van der Waals surface area contributed by atoms with E-state index >= 15 is 0 Å². The molecule has 4 heteroatoms. The van der Waals surface area contributed by atoms with Crippen molar-refractivity contribution < 1.29 is 9.59 Å². The van der Waals surface area contributed by atoms with E-state index in [9.17, 15) is 9.59 Å². The van der Waals surface area contributed by atoms with Gasteiger partial charge in [0.1, 0.15) is 0 Å². The minimum Gasteiger partial charge on any atom is -0.348 e. The quantitative estimate of drug-likeness (QED) is 0.945. The molecule has 0 aliphatic carbocycles. The van der Waals surface area contributed by atoms with Gasteiger partial charge in [0.05, 0.1) is 6.42 Å². The first-order valence-corrected chi connectivity index (χ1v) is 7.28. The Bertz CT molecular complexity index is 753. The highest BCUT2D eigenvalue weighted by Gasteiger charge is 2.24. The summed E-state index contributed by atoms with van der Waals surface area (Å²) in [4.78, 5) is 25.6. The van der Waals surface area contributed by atoms with Crippen molar-refractivity contribution in [2.75, 3.05) is 11.9 Å². The number of nitrogens with one attached hydrogen (secondary N) is 1. The average Bonchev–Trinajstić information content (AvgIpc) is 2.80. The Hall–Kier alpha value is -2.62. The first kappa shape index (κ1) is 14.3. The zero-order valence-electron chi connectivity index (χ0n) is 12.7. The summed E-state index contributed by atoms with van der Waals surface area (Å²) in [5.41, 5.74) is 4.66. The van der Waals surface area contributed by atoms with Crippen molar-refractivity contribution in [3.63, 3.8) is 0 Å². The molecule has 0 saturated heterocycles. The van der Waals surface area contributed by atoms with Crippen LogP contribution in [-0.2, 0) is 17.8 Å². The number of amides is 2. The number of fused-ring (bicyclic) bond motifs is 1. The molecule has 2 amide bonds. The van der Waals surface area contributed by atoms with Crippen molar-refractivity contribution in [3.8, 4) is 0 Å². The molecule has 0 aromatic heterocycles. The summed E-state index contributed by atoms with van der Waals surface area (Å²) in [5.74, 6) is -0.0551. The Balaban J connectivity index is 1.73. The van der Waals surface area contributed by atoms with Gasteiger partial charge in [-0.1, -0.05) is 24.3 Å². The average molecular weight is 294 g/mol. The van der Waals surface area contributed by atoms with E-state index in [-0.39, 0.29) is 11.8 Å². The van der Waals surface area contributed by atoms with Gasteiger partial charge in [-0.3, -0.25) is 9.59 Å². The molecular formula is C18H18N2O2. The summed E-state index contributed by atoms with van der Waals surface area (Å²) in [5, 5.41) is 2.93. The van der Waals surface area contributed by atoms with Gasteiger partial charge in [-0.15, -0.1) is 0 Å². The maximum absolute atomic E-state index is 12.3. The van der Waals surface area contributed by atoms with E-state index < -0.39 is 0 Å². The highest BCUT2D eigenvalue weighted by atomic mass is 16.2. The number of aryl methyl sites for hydroxylation is 1. The lowest BCUT2D eigenvalue weighted by Gasteiger charge is -2.11. The molecule has 0 saturated carbocycles. The van der Waals surface area contributed by atoms with Crippen molar-refractivity contribution in [1.29, 1.82) is 0 Å². The van der Waals surface area contributed by atoms with E-state index in [1.54, 1.807) is 18.0 Å². The van der Waals surface area contributed by atoms with Crippen molar-refractivity contribution in [3.05, 3.63) is 64.7 Å². The molecular weight excluding hydrogens is 276 g/mol. The van der Waals surface area contributed by atoms with Crippen LogP contribution in [0, 0.1) is 6.92 Å². The van der Waals surface area contributed by atoms with Gasteiger partial charge in [0, 0.05) is 24.8 Å². The highest BCUT2D eigenvalue weighted by molar-refractivity contribution is 6.03. The van der Waals surface area contributed by atoms with Crippen LogP contribution in [0.15, 0.2) is 42.5 Å². The highest BCUT2D eigenvalue weighted by Crippen LogP contribution is 2.28. The first-order chi connectivity index (χ1) is 10.6. The number of rotatable bonds is 3. The predicted octanol–water partition coefficient (Wildman–Crippen LogP) is 2.44. The summed E-state index contributed by atoms with van der Waals surface area (Å²) < 4.78 is 0. The van der Waals surface area contributed by atoms with Gasteiger partial charge in [0.25, 0.3) is 5.91 Å². The summed E-state index contributed by atoms with van der Waals surface area (Å²) in [6.45, 7) is 2.53. The molecule has 0 bridgehead atoms. The number of carbonyl (C=O) groups excluding carboxylic acids is 2. The van der Waals surface area contributed by atoms with Crippen molar-refractivity contribution in [2.24, 2.45) is 0 Å². The Morgan fingerprint density at radius 1 is 1.23 bits per heavy atom. The molecule has 1 N–H and O–H groups in total. The summed E-state index contributed by atoms with van der Waals surface area (Å²) in [6, 6.07) is 13.4. The van der Waals surface area contributed by atoms with Crippen molar-refractivity contribution in [2.45, 2.75) is 19.9 Å². The van der Waals surface area contributed by atoms with Crippen LogP contribution < -0.4 is 10.2 Å². The van der Waals surface area contributed by atoms with Crippen LogP contribution in [0.3, 0.4) is 0 Å². The molecule has 22 heavy (non-hydrogen) atoms. The van der Waals surface area contributed by atoms with E-state index in [1.165, 1.54) is 0 Å². The Morgan fingerprint density at radius 2 is 2.00 bits per heavy atom. The van der Waals surface area contributed by atoms with Crippen molar-refractivity contribution >= 4 is 17.5 Å². The van der Waals surface area contributed by atoms with Crippen LogP contribution in [-0.4, -0.2) is 18.9 Å². The van der Waals surface area contributed by atoms with Crippen LogP contribution in [0.25, 0.3) is 0 Å². The lowest BCUT2D eigenvalue weighted by atomic mass is 10.1. The van der Waals surface area contributed by atoms with E-state index in [1.807, 2.05) is 43.3 Å². The third kappa shape index (κ3) is 2.60. The van der Waals surface area contributed by atoms with Crippen LogP contribution in [0.4, 0.5) is 5.69 Å². The fourth-order valence-electron chi connectivity index (χ4n) is 2.70. The lowest BCUT2D eigenvalue weighted by molar-refractivity contribution is -0.117. The third-order valence-corrected chi connectivity index (χ3v) is 4.12. The number of anilines is 1. The number of benzene rings is 2. The summed E-state index contributed by atoms with van der Waals surface area (Å²) in [6.07, 6.45) is 0.366. The molecule has 1 aliphatic heterocycles. The zero-order chi connectivity index (χ0) is 15.7. The molecule has 1 aliphatic rings. The van der Waals surface area contributed by atoms with Gasteiger partial charge >= 0.3 is 0 Å². The van der Waals surface area contributed by atoms with E-state index in [0.717, 1.165) is 22.4 Å². The topological polar surface area (TPSA) is 49.4 Å². The van der Waals surface area contributed by atoms with E-state index in [4.69, 9.17) is 0 Å². The van der Waals surface area contributed by atoms with Crippen LogP contribution in [0.2, 0.25) is 0 Å². The Kier molecular flexibility index (Phi) is 3.67.